The molecular weight excluding hydrogens is 590 g/mol. The second-order valence-corrected chi connectivity index (χ2v) is 15.7. The van der Waals surface area contributed by atoms with Gasteiger partial charge in [-0.15, -0.1) is 18.9 Å². The second kappa shape index (κ2) is 15.1. The van der Waals surface area contributed by atoms with E-state index in [1.54, 1.807) is 16.7 Å². The molecule has 0 aromatic heterocycles. The number of hydrogen-bond acceptors (Lipinski definition) is 6. The zero-order chi connectivity index (χ0) is 33.6. The maximum atomic E-state index is 14.3. The largest absolute Gasteiger partial charge is 0.346 e. The Morgan fingerprint density at radius 3 is 2.36 bits per heavy atom. The quantitative estimate of drug-likeness (QED) is 0.130. The first kappa shape index (κ1) is 36.5. The van der Waals surface area contributed by atoms with Crippen LogP contribution < -0.4 is 21.3 Å². The minimum absolute atomic E-state index is 0.0884. The van der Waals surface area contributed by atoms with Crippen LogP contribution in [0.2, 0.25) is 0 Å². The molecule has 5 amide bonds. The summed E-state index contributed by atoms with van der Waals surface area (Å²) in [5.41, 5.74) is -1.14. The van der Waals surface area contributed by atoms with E-state index in [4.69, 9.17) is 6.42 Å². The number of fused-ring (bicyclic) bond motifs is 1. The lowest BCUT2D eigenvalue weighted by molar-refractivity contribution is -0.145. The van der Waals surface area contributed by atoms with Crippen molar-refractivity contribution in [3.8, 4) is 12.3 Å². The van der Waals surface area contributed by atoms with Crippen molar-refractivity contribution in [1.29, 1.82) is 0 Å². The van der Waals surface area contributed by atoms with Gasteiger partial charge in [-0.05, 0) is 47.7 Å². The van der Waals surface area contributed by atoms with Crippen molar-refractivity contribution < 1.29 is 24.0 Å². The van der Waals surface area contributed by atoms with Gasteiger partial charge in [0.05, 0.1) is 11.6 Å². The van der Waals surface area contributed by atoms with E-state index in [0.29, 0.717) is 6.54 Å². The Morgan fingerprint density at radius 1 is 1.11 bits per heavy atom. The topological polar surface area (TPSA) is 137 Å². The number of nitrogens with one attached hydrogen (secondary N) is 4. The van der Waals surface area contributed by atoms with E-state index in [2.05, 4.69) is 54.5 Å². The van der Waals surface area contributed by atoms with Gasteiger partial charge in [0.15, 0.2) is 0 Å². The third kappa shape index (κ3) is 8.63. The predicted octanol–water partition coefficient (Wildman–Crippen LogP) is 3.41. The number of carbonyl (C=O) groups excluding carboxylic acids is 5. The zero-order valence-electron chi connectivity index (χ0n) is 27.9. The lowest BCUT2D eigenvalue weighted by Crippen LogP contribution is -2.63. The van der Waals surface area contributed by atoms with Gasteiger partial charge < -0.3 is 26.2 Å². The van der Waals surface area contributed by atoms with Crippen LogP contribution in [0.1, 0.15) is 86.5 Å². The number of likely N-dealkylation sites (tertiary alicyclic amines) is 1. The molecule has 3 fully saturated rings. The molecule has 0 bridgehead atoms. The molecule has 2 aliphatic carbocycles. The molecule has 250 valence electrons. The van der Waals surface area contributed by atoms with E-state index >= 15 is 0 Å². The molecule has 0 spiro atoms. The molecule has 0 aromatic rings. The fourth-order valence-corrected chi connectivity index (χ4v) is 7.99. The summed E-state index contributed by atoms with van der Waals surface area (Å²) in [4.78, 5) is 68.8. The number of hydrogen-bond donors (Lipinski definition) is 4. The highest BCUT2D eigenvalue weighted by Gasteiger charge is 2.70. The maximum Gasteiger partial charge on any atom is 0.315 e. The van der Waals surface area contributed by atoms with Crippen LogP contribution in [0.3, 0.4) is 0 Å². The summed E-state index contributed by atoms with van der Waals surface area (Å²) >= 11 is 1.81. The highest BCUT2D eigenvalue weighted by Crippen LogP contribution is 2.65. The van der Waals surface area contributed by atoms with Crippen LogP contribution >= 0.6 is 11.8 Å². The smallest absolute Gasteiger partial charge is 0.315 e. The predicted molar refractivity (Wildman–Crippen MR) is 178 cm³/mol. The normalized spacial score (nSPS) is 24.2. The molecule has 3 aliphatic rings. The summed E-state index contributed by atoms with van der Waals surface area (Å²) in [5.74, 6) is 1.75. The lowest BCUT2D eigenvalue weighted by Gasteiger charge is -2.40. The van der Waals surface area contributed by atoms with E-state index in [0.717, 1.165) is 43.6 Å². The van der Waals surface area contributed by atoms with Crippen molar-refractivity contribution in [2.45, 2.75) is 110 Å². The first-order valence-corrected chi connectivity index (χ1v) is 17.4. The summed E-state index contributed by atoms with van der Waals surface area (Å²) in [7, 11) is 0. The number of amides is 5. The molecule has 3 unspecified atom stereocenters. The average molecular weight is 644 g/mol. The summed E-state index contributed by atoms with van der Waals surface area (Å²) in [6.45, 7) is 15.9. The van der Waals surface area contributed by atoms with Crippen LogP contribution in [0.4, 0.5) is 4.79 Å². The minimum Gasteiger partial charge on any atom is -0.346 e. The van der Waals surface area contributed by atoms with Crippen LogP contribution in [0.15, 0.2) is 12.7 Å². The Labute approximate surface area is 273 Å². The van der Waals surface area contributed by atoms with Crippen LogP contribution in [-0.2, 0) is 19.2 Å². The Hall–Kier alpha value is -3.00. The number of ketones is 1. The number of piperidine rings is 1. The van der Waals surface area contributed by atoms with E-state index in [1.807, 2.05) is 20.8 Å². The molecule has 11 heteroatoms. The van der Waals surface area contributed by atoms with Crippen LogP contribution in [0.25, 0.3) is 0 Å². The van der Waals surface area contributed by atoms with E-state index in [9.17, 15) is 24.0 Å². The highest BCUT2D eigenvalue weighted by molar-refractivity contribution is 7.99. The Morgan fingerprint density at radius 2 is 1.78 bits per heavy atom. The number of thioether (sulfide) groups is 1. The molecule has 1 heterocycles. The molecule has 2 saturated carbocycles. The van der Waals surface area contributed by atoms with Crippen molar-refractivity contribution in [3.63, 3.8) is 0 Å². The van der Waals surface area contributed by atoms with Gasteiger partial charge in [-0.25, -0.2) is 4.79 Å². The van der Waals surface area contributed by atoms with E-state index in [-0.39, 0.29) is 54.1 Å². The fraction of sp³-hybridized carbons (Fsp3) is 0.735. The monoisotopic (exact) mass is 643 g/mol. The summed E-state index contributed by atoms with van der Waals surface area (Å²) in [6, 6.07) is -3.25. The number of carbonyl (C=O) groups is 5. The standard InChI is InChI=1S/C34H53N5O5S/c1-9-12-16-23(26(40)29(42)35-19-10-2)36-28(41)25-24-22(33(24,7)8)20-39(25)30(43)27(32(4,5)6)37-31(44)38-34(21-45-11-3)17-14-13-15-18-34/h1,10,22-25,27H,2,11-21H2,3-8H3,(H,35,42)(H,36,41)(H2,37,38,44)/t22?,23?,24?,25-,27+/m0/s1. The Kier molecular flexibility index (Phi) is 12.2. The molecule has 4 N–H and O–H groups in total. The Balaban J connectivity index is 1.82. The maximum absolute atomic E-state index is 14.3. The highest BCUT2D eigenvalue weighted by atomic mass is 32.2. The van der Waals surface area contributed by atoms with Crippen molar-refractivity contribution in [1.82, 2.24) is 26.2 Å². The molecular formula is C34H53N5O5S. The fourth-order valence-electron chi connectivity index (χ4n) is 7.03. The SMILES string of the molecule is C#CCCC(NC(=O)[C@@H]1C2C(CN1C(=O)[C@@H](NC(=O)NC1(CSCC)CCCCC1)C(C)(C)C)C2(C)C)C(=O)C(=O)NCC=C. The van der Waals surface area contributed by atoms with E-state index < -0.39 is 41.1 Å². The summed E-state index contributed by atoms with van der Waals surface area (Å²) in [6.07, 6.45) is 12.2. The van der Waals surface area contributed by atoms with Crippen molar-refractivity contribution >= 4 is 41.3 Å². The number of urea groups is 1. The third-order valence-corrected chi connectivity index (χ3v) is 10.9. The van der Waals surface area contributed by atoms with Gasteiger partial charge in [0.25, 0.3) is 5.91 Å². The van der Waals surface area contributed by atoms with Gasteiger partial charge in [-0.3, -0.25) is 19.2 Å². The van der Waals surface area contributed by atoms with Crippen LogP contribution in [0, 0.1) is 35.0 Å². The molecule has 3 rings (SSSR count). The van der Waals surface area contributed by atoms with Gasteiger partial charge in [0, 0.05) is 25.3 Å². The number of nitrogens with zero attached hydrogens (tertiary/aromatic N) is 1. The first-order chi connectivity index (χ1) is 21.1. The number of Topliss-reactive ketones (excluding diaryl/α,β-unsaturated/α-hetero) is 1. The molecule has 1 saturated heterocycles. The van der Waals surface area contributed by atoms with Crippen LogP contribution in [-0.4, -0.2) is 82.7 Å². The van der Waals surface area contributed by atoms with Crippen molar-refractivity contribution in [2.24, 2.45) is 22.7 Å². The summed E-state index contributed by atoms with van der Waals surface area (Å²) in [5, 5.41) is 11.5. The first-order valence-electron chi connectivity index (χ1n) is 16.3. The molecule has 10 nitrogen and oxygen atoms in total. The zero-order valence-corrected chi connectivity index (χ0v) is 28.7. The molecule has 5 atom stereocenters. The number of terminal acetylenes is 1. The molecule has 45 heavy (non-hydrogen) atoms. The third-order valence-electron chi connectivity index (χ3n) is 9.76. The minimum atomic E-state index is -1.13. The van der Waals surface area contributed by atoms with Gasteiger partial charge >= 0.3 is 6.03 Å². The van der Waals surface area contributed by atoms with Gasteiger partial charge in [-0.1, -0.05) is 66.9 Å². The van der Waals surface area contributed by atoms with Gasteiger partial charge in [-0.2, -0.15) is 11.8 Å². The van der Waals surface area contributed by atoms with Crippen LogP contribution in [0.5, 0.6) is 0 Å². The second-order valence-electron chi connectivity index (χ2n) is 14.4. The summed E-state index contributed by atoms with van der Waals surface area (Å²) < 4.78 is 0. The van der Waals surface area contributed by atoms with Gasteiger partial charge in [0.2, 0.25) is 17.6 Å². The Bertz CT molecular complexity index is 1180. The molecule has 0 radical (unpaired) electrons. The molecule has 1 aliphatic heterocycles. The van der Waals surface area contributed by atoms with Crippen molar-refractivity contribution in [3.05, 3.63) is 12.7 Å². The molecule has 0 aromatic carbocycles. The number of rotatable bonds is 14. The van der Waals surface area contributed by atoms with Crippen molar-refractivity contribution in [2.75, 3.05) is 24.6 Å². The van der Waals surface area contributed by atoms with Gasteiger partial charge in [0.1, 0.15) is 12.1 Å². The lowest BCUT2D eigenvalue weighted by atomic mass is 9.83. The van der Waals surface area contributed by atoms with E-state index in [1.165, 1.54) is 6.08 Å². The average Bonchev–Trinajstić information content (AvgIpc) is 3.29.